The summed E-state index contributed by atoms with van der Waals surface area (Å²) >= 11 is 0. The van der Waals surface area contributed by atoms with Gasteiger partial charge in [0.2, 0.25) is 0 Å². The van der Waals surface area contributed by atoms with E-state index in [4.69, 9.17) is 5.11 Å². The van der Waals surface area contributed by atoms with Crippen LogP contribution in [0.3, 0.4) is 0 Å². The largest absolute Gasteiger partial charge is 1.00 e. The van der Waals surface area contributed by atoms with Gasteiger partial charge >= 0.3 is 41.5 Å². The van der Waals surface area contributed by atoms with Gasteiger partial charge in [-0.2, -0.15) is 0 Å². The zero-order valence-electron chi connectivity index (χ0n) is 7.79. The topological polar surface area (TPSA) is 63.6 Å². The van der Waals surface area contributed by atoms with Crippen molar-refractivity contribution in [3.63, 3.8) is 0 Å². The van der Waals surface area contributed by atoms with E-state index >= 15 is 0 Å². The molecule has 0 aliphatic heterocycles. The minimum atomic E-state index is -0.885. The van der Waals surface area contributed by atoms with E-state index in [-0.39, 0.29) is 49.8 Å². The van der Waals surface area contributed by atoms with Crippen LogP contribution in [0.2, 0.25) is 0 Å². The quantitative estimate of drug-likeness (QED) is 0.375. The first-order chi connectivity index (χ1) is 4.66. The van der Waals surface area contributed by atoms with Crippen LogP contribution in [0.1, 0.15) is 20.7 Å². The van der Waals surface area contributed by atoms with Crippen molar-refractivity contribution < 1.29 is 50.4 Å². The van der Waals surface area contributed by atoms with Crippen molar-refractivity contribution in [2.45, 2.75) is 19.3 Å². The number of carbonyl (C=O) groups excluding carboxylic acids is 1. The van der Waals surface area contributed by atoms with Gasteiger partial charge in [-0.3, -0.25) is 9.59 Å². The van der Waals surface area contributed by atoms with Crippen LogP contribution >= 0.6 is 0 Å². The van der Waals surface area contributed by atoms with Crippen LogP contribution in [0.4, 0.5) is 0 Å². The molecular formula is C6H11NaO4. The molecule has 0 aliphatic rings. The van der Waals surface area contributed by atoms with E-state index in [0.717, 1.165) is 0 Å². The zero-order valence-corrected chi connectivity index (χ0v) is 8.79. The molecule has 0 spiro atoms. The van der Waals surface area contributed by atoms with E-state index in [2.05, 4.69) is 4.74 Å². The number of carboxylic acid groups (broad SMARTS) is 1. The molecule has 0 bridgehead atoms. The van der Waals surface area contributed by atoms with Gasteiger partial charge in [0, 0.05) is 12.8 Å². The van der Waals surface area contributed by atoms with E-state index in [1.54, 1.807) is 0 Å². The monoisotopic (exact) mass is 170 g/mol. The fourth-order valence-electron chi connectivity index (χ4n) is 0.486. The van der Waals surface area contributed by atoms with Crippen molar-refractivity contribution in [2.24, 2.45) is 0 Å². The Kier molecular flexibility index (Phi) is 9.89. The third-order valence-corrected chi connectivity index (χ3v) is 0.999. The molecule has 0 heterocycles. The SMILES string of the molecule is COC(=O)CCCC(=O)O.[H-].[Na+]. The molecule has 5 heteroatoms. The summed E-state index contributed by atoms with van der Waals surface area (Å²) in [6, 6.07) is 0. The van der Waals surface area contributed by atoms with Crippen molar-refractivity contribution in [3.8, 4) is 0 Å². The molecular weight excluding hydrogens is 159 g/mol. The molecule has 0 saturated carbocycles. The Morgan fingerprint density at radius 1 is 1.45 bits per heavy atom. The molecule has 0 aliphatic carbocycles. The zero-order chi connectivity index (χ0) is 7.98. The van der Waals surface area contributed by atoms with Gasteiger partial charge in [-0.15, -0.1) is 0 Å². The van der Waals surface area contributed by atoms with Crippen LogP contribution in [0.5, 0.6) is 0 Å². The van der Waals surface area contributed by atoms with Crippen LogP contribution in [0.25, 0.3) is 0 Å². The van der Waals surface area contributed by atoms with E-state index in [1.165, 1.54) is 7.11 Å². The molecule has 4 nitrogen and oxygen atoms in total. The summed E-state index contributed by atoms with van der Waals surface area (Å²) in [6.45, 7) is 0. The summed E-state index contributed by atoms with van der Waals surface area (Å²) in [4.78, 5) is 20.3. The molecule has 0 aromatic carbocycles. The summed E-state index contributed by atoms with van der Waals surface area (Å²) in [5, 5.41) is 8.15. The standard InChI is InChI=1S/C6H10O4.Na.H/c1-10-6(9)4-2-3-5(7)8;;/h2-4H2,1H3,(H,7,8);;/q;+1;-1. The van der Waals surface area contributed by atoms with Crippen molar-refractivity contribution in [1.29, 1.82) is 0 Å². The van der Waals surface area contributed by atoms with Gasteiger partial charge < -0.3 is 11.3 Å². The number of hydrogen-bond acceptors (Lipinski definition) is 3. The number of rotatable bonds is 4. The first-order valence-electron chi connectivity index (χ1n) is 2.95. The van der Waals surface area contributed by atoms with Crippen LogP contribution < -0.4 is 29.6 Å². The molecule has 0 aromatic heterocycles. The molecule has 0 radical (unpaired) electrons. The molecule has 0 amide bonds. The number of aliphatic carboxylic acids is 1. The molecule has 0 atom stereocenters. The number of esters is 1. The maximum Gasteiger partial charge on any atom is 1.00 e. The Morgan fingerprint density at radius 2 is 2.00 bits per heavy atom. The van der Waals surface area contributed by atoms with Crippen molar-refractivity contribution in [1.82, 2.24) is 0 Å². The van der Waals surface area contributed by atoms with Gasteiger partial charge in [0.15, 0.2) is 0 Å². The second-order valence-electron chi connectivity index (χ2n) is 1.82. The Hall–Kier alpha value is -0.0600. The number of methoxy groups -OCH3 is 1. The number of carboxylic acids is 1. The van der Waals surface area contributed by atoms with Crippen molar-refractivity contribution >= 4 is 11.9 Å². The predicted octanol–water partition coefficient (Wildman–Crippen LogP) is -2.47. The third kappa shape index (κ3) is 9.94. The van der Waals surface area contributed by atoms with Crippen molar-refractivity contribution in [3.05, 3.63) is 0 Å². The molecule has 0 rings (SSSR count). The van der Waals surface area contributed by atoms with Gasteiger partial charge in [0.1, 0.15) is 0 Å². The molecule has 0 fully saturated rings. The van der Waals surface area contributed by atoms with Gasteiger partial charge in [-0.05, 0) is 6.42 Å². The Balaban J connectivity index is -0.000000405. The average Bonchev–Trinajstić information content (AvgIpc) is 1.87. The number of ether oxygens (including phenoxy) is 1. The smallest absolute Gasteiger partial charge is 1.00 e. The van der Waals surface area contributed by atoms with E-state index < -0.39 is 5.97 Å². The summed E-state index contributed by atoms with van der Waals surface area (Å²) < 4.78 is 4.30. The number of carbonyl (C=O) groups is 2. The molecule has 60 valence electrons. The molecule has 0 saturated heterocycles. The Morgan fingerprint density at radius 3 is 2.36 bits per heavy atom. The maximum absolute atomic E-state index is 10.4. The first-order valence-corrected chi connectivity index (χ1v) is 2.95. The van der Waals surface area contributed by atoms with Crippen molar-refractivity contribution in [2.75, 3.05) is 7.11 Å². The Bertz CT molecular complexity index is 140. The Labute approximate surface area is 88.7 Å². The molecule has 11 heavy (non-hydrogen) atoms. The summed E-state index contributed by atoms with van der Waals surface area (Å²) in [6.07, 6.45) is 0.555. The van der Waals surface area contributed by atoms with Crippen LogP contribution in [0, 0.1) is 0 Å². The molecule has 1 N–H and O–H groups in total. The van der Waals surface area contributed by atoms with Crippen LogP contribution in [-0.2, 0) is 14.3 Å². The molecule has 0 unspecified atom stereocenters. The normalized spacial score (nSPS) is 8.09. The second kappa shape index (κ2) is 8.04. The van der Waals surface area contributed by atoms with Gasteiger partial charge in [0.05, 0.1) is 7.11 Å². The van der Waals surface area contributed by atoms with Crippen LogP contribution in [-0.4, -0.2) is 24.2 Å². The summed E-state index contributed by atoms with van der Waals surface area (Å²) in [5.41, 5.74) is 0. The predicted molar refractivity (Wildman–Crippen MR) is 34.6 cm³/mol. The van der Waals surface area contributed by atoms with Crippen LogP contribution in [0.15, 0.2) is 0 Å². The molecule has 0 aromatic rings. The van der Waals surface area contributed by atoms with Gasteiger partial charge in [-0.25, -0.2) is 0 Å². The summed E-state index contributed by atoms with van der Waals surface area (Å²) in [7, 11) is 1.28. The third-order valence-electron chi connectivity index (χ3n) is 0.999. The van der Waals surface area contributed by atoms with Gasteiger partial charge in [-0.1, -0.05) is 0 Å². The van der Waals surface area contributed by atoms with E-state index in [0.29, 0.717) is 6.42 Å². The van der Waals surface area contributed by atoms with Gasteiger partial charge in [0.25, 0.3) is 0 Å². The minimum absolute atomic E-state index is 0. The number of hydrogen-bond donors (Lipinski definition) is 1. The minimum Gasteiger partial charge on any atom is -1.00 e. The second-order valence-corrected chi connectivity index (χ2v) is 1.82. The van der Waals surface area contributed by atoms with E-state index in [1.807, 2.05) is 0 Å². The fraction of sp³-hybridized carbons (Fsp3) is 0.667. The fourth-order valence-corrected chi connectivity index (χ4v) is 0.486. The maximum atomic E-state index is 10.4. The summed E-state index contributed by atoms with van der Waals surface area (Å²) in [5.74, 6) is -1.25. The van der Waals surface area contributed by atoms with E-state index in [9.17, 15) is 9.59 Å². The average molecular weight is 170 g/mol. The first kappa shape index (κ1) is 13.5.